The Labute approximate surface area is 355 Å². The number of esters is 2. The molecule has 332 valence electrons. The summed E-state index contributed by atoms with van der Waals surface area (Å²) in [5.74, 6) is -2.47. The van der Waals surface area contributed by atoms with Crippen LogP contribution in [-0.4, -0.2) is 59.9 Å². The molecule has 0 amide bonds. The van der Waals surface area contributed by atoms with E-state index in [1.54, 1.807) is 0 Å². The standard InChI is InChI=1S/C47H74NO10P/c1-3-5-7-9-11-13-15-17-18-19-20-21-22-23-24-25-27-28-30-32-34-36-38-45(49)55-40-43(41-56-59(53,54)57-42-44(48)47(51)52)58-46(50)39-37-35-33-31-29-26-16-14-12-10-8-6-4-2/h5-8,10-14,16-18,20-21,23-24,27-28,43-44H,3-4,9,15,19,22,25-26,29-42,48H2,1-2H3,(H,51,52)(H,53,54)/b7-5+,8-6+,12-10+,13-11+,16-14+,18-17+,21-20+,24-23+,28-27+/t43?,44-/m1/s1. The number of unbranched alkanes of at least 4 members (excludes halogenated alkanes) is 8. The van der Waals surface area contributed by atoms with E-state index in [0.717, 1.165) is 96.3 Å². The Bertz CT molecular complexity index is 1410. The first-order chi connectivity index (χ1) is 28.6. The predicted molar refractivity (Wildman–Crippen MR) is 240 cm³/mol. The normalized spacial score (nSPS) is 14.8. The minimum atomic E-state index is -4.74. The molecule has 0 aromatic heterocycles. The molecule has 0 heterocycles. The van der Waals surface area contributed by atoms with Crippen LogP contribution in [0, 0.1) is 0 Å². The highest BCUT2D eigenvalue weighted by Crippen LogP contribution is 2.43. The number of phosphoric ester groups is 1. The lowest BCUT2D eigenvalue weighted by atomic mass is 10.1. The molecule has 0 radical (unpaired) electrons. The van der Waals surface area contributed by atoms with Crippen molar-refractivity contribution in [2.45, 2.75) is 148 Å². The van der Waals surface area contributed by atoms with Gasteiger partial charge in [-0.25, -0.2) is 4.57 Å². The summed E-state index contributed by atoms with van der Waals surface area (Å²) in [5, 5.41) is 8.88. The van der Waals surface area contributed by atoms with E-state index < -0.39 is 51.1 Å². The molecule has 0 rings (SSSR count). The molecule has 12 heteroatoms. The second kappa shape index (κ2) is 40.9. The topological polar surface area (TPSA) is 172 Å². The molecule has 0 aliphatic rings. The number of carbonyl (C=O) groups excluding carboxylic acids is 2. The number of carbonyl (C=O) groups is 3. The van der Waals surface area contributed by atoms with Gasteiger partial charge in [0.15, 0.2) is 6.10 Å². The number of aliphatic carboxylic acids is 1. The van der Waals surface area contributed by atoms with Gasteiger partial charge in [-0.15, -0.1) is 0 Å². The Kier molecular flexibility index (Phi) is 38.2. The molecule has 11 nitrogen and oxygen atoms in total. The van der Waals surface area contributed by atoms with Gasteiger partial charge in [0.1, 0.15) is 12.6 Å². The molecule has 2 unspecified atom stereocenters. The van der Waals surface area contributed by atoms with Gasteiger partial charge in [0.2, 0.25) is 0 Å². The van der Waals surface area contributed by atoms with Crippen LogP contribution in [0.4, 0.5) is 0 Å². The minimum Gasteiger partial charge on any atom is -0.480 e. The third-order valence-corrected chi connectivity index (χ3v) is 9.28. The molecule has 0 aliphatic carbocycles. The first-order valence-corrected chi connectivity index (χ1v) is 22.9. The second-order valence-corrected chi connectivity index (χ2v) is 15.2. The van der Waals surface area contributed by atoms with Crippen LogP contribution in [-0.2, 0) is 37.5 Å². The summed E-state index contributed by atoms with van der Waals surface area (Å²) in [6.07, 6.45) is 53.0. The van der Waals surface area contributed by atoms with E-state index in [-0.39, 0.29) is 19.4 Å². The van der Waals surface area contributed by atoms with Crippen LogP contribution in [0.25, 0.3) is 0 Å². The van der Waals surface area contributed by atoms with Crippen molar-refractivity contribution in [1.82, 2.24) is 0 Å². The Balaban J connectivity index is 4.45. The van der Waals surface area contributed by atoms with Crippen LogP contribution in [0.1, 0.15) is 136 Å². The zero-order valence-corrected chi connectivity index (χ0v) is 36.7. The van der Waals surface area contributed by atoms with Gasteiger partial charge in [0, 0.05) is 12.8 Å². The average Bonchev–Trinajstić information content (AvgIpc) is 3.21. The van der Waals surface area contributed by atoms with Crippen molar-refractivity contribution in [2.24, 2.45) is 5.73 Å². The number of carboxylic acids is 1. The summed E-state index contributed by atoms with van der Waals surface area (Å²) in [5.41, 5.74) is 5.32. The molecule has 0 saturated heterocycles. The lowest BCUT2D eigenvalue weighted by Gasteiger charge is -2.20. The first kappa shape index (κ1) is 55.1. The smallest absolute Gasteiger partial charge is 0.472 e. The molecule has 0 aromatic carbocycles. The molecule has 0 spiro atoms. The highest BCUT2D eigenvalue weighted by Gasteiger charge is 2.28. The molecule has 0 fully saturated rings. The van der Waals surface area contributed by atoms with E-state index >= 15 is 0 Å². The second-order valence-electron chi connectivity index (χ2n) is 13.8. The number of ether oxygens (including phenoxy) is 2. The number of nitrogens with two attached hydrogens (primary N) is 1. The first-order valence-electron chi connectivity index (χ1n) is 21.4. The van der Waals surface area contributed by atoms with Crippen LogP contribution in [0.15, 0.2) is 109 Å². The summed E-state index contributed by atoms with van der Waals surface area (Å²) in [7, 11) is -4.74. The van der Waals surface area contributed by atoms with E-state index in [1.807, 2.05) is 24.3 Å². The van der Waals surface area contributed by atoms with Crippen LogP contribution in [0.3, 0.4) is 0 Å². The quantitative estimate of drug-likeness (QED) is 0.0178. The van der Waals surface area contributed by atoms with Gasteiger partial charge in [0.05, 0.1) is 13.2 Å². The van der Waals surface area contributed by atoms with Crippen molar-refractivity contribution in [3.63, 3.8) is 0 Å². The van der Waals surface area contributed by atoms with Crippen molar-refractivity contribution in [3.05, 3.63) is 109 Å². The number of hydrogen-bond donors (Lipinski definition) is 3. The van der Waals surface area contributed by atoms with E-state index in [1.165, 1.54) is 0 Å². The lowest BCUT2D eigenvalue weighted by Crippen LogP contribution is -2.34. The lowest BCUT2D eigenvalue weighted by molar-refractivity contribution is -0.161. The SMILES string of the molecule is CC/C=C/C=C/C=C/CCCCCCCC(=O)OC(COC(=O)CCCCC/C=C/C/C=C/C/C=C/C/C=C/C/C=C/C/C=C/CC)COP(=O)(O)OC[C@@H](N)C(=O)O. The van der Waals surface area contributed by atoms with Crippen molar-refractivity contribution in [1.29, 1.82) is 0 Å². The Morgan fingerprint density at radius 3 is 1.54 bits per heavy atom. The number of carboxylic acid groups (broad SMARTS) is 1. The van der Waals surface area contributed by atoms with E-state index in [9.17, 15) is 23.8 Å². The Morgan fingerprint density at radius 2 is 0.983 bits per heavy atom. The van der Waals surface area contributed by atoms with Crippen molar-refractivity contribution in [3.8, 4) is 0 Å². The summed E-state index contributed by atoms with van der Waals surface area (Å²) in [6.45, 7) is 2.47. The zero-order chi connectivity index (χ0) is 43.5. The molecule has 4 N–H and O–H groups in total. The summed E-state index contributed by atoms with van der Waals surface area (Å²) >= 11 is 0. The van der Waals surface area contributed by atoms with Gasteiger partial charge >= 0.3 is 25.7 Å². The van der Waals surface area contributed by atoms with Crippen LogP contribution in [0.5, 0.6) is 0 Å². The highest BCUT2D eigenvalue weighted by molar-refractivity contribution is 7.47. The van der Waals surface area contributed by atoms with E-state index in [2.05, 4.69) is 103 Å². The van der Waals surface area contributed by atoms with E-state index in [0.29, 0.717) is 12.8 Å². The maximum absolute atomic E-state index is 12.6. The fourth-order valence-electron chi connectivity index (χ4n) is 5.01. The molecule has 3 atom stereocenters. The number of allylic oxidation sites excluding steroid dienone is 18. The van der Waals surface area contributed by atoms with Crippen LogP contribution < -0.4 is 5.73 Å². The van der Waals surface area contributed by atoms with Gasteiger partial charge < -0.3 is 25.2 Å². The van der Waals surface area contributed by atoms with Gasteiger partial charge in [-0.3, -0.25) is 23.4 Å². The summed E-state index contributed by atoms with van der Waals surface area (Å²) in [6, 6.07) is -1.54. The van der Waals surface area contributed by atoms with Gasteiger partial charge in [-0.1, -0.05) is 149 Å². The average molecular weight is 844 g/mol. The third-order valence-electron chi connectivity index (χ3n) is 8.33. The fourth-order valence-corrected chi connectivity index (χ4v) is 5.79. The largest absolute Gasteiger partial charge is 0.480 e. The minimum absolute atomic E-state index is 0.123. The molecule has 0 saturated carbocycles. The number of phosphoric acid groups is 1. The summed E-state index contributed by atoms with van der Waals surface area (Å²) < 4.78 is 32.6. The van der Waals surface area contributed by atoms with Gasteiger partial charge in [0.25, 0.3) is 0 Å². The Hall–Kier alpha value is -3.86. The number of rotatable bonds is 38. The van der Waals surface area contributed by atoms with Gasteiger partial charge in [-0.05, 0) is 83.5 Å². The molecule has 0 aromatic rings. The van der Waals surface area contributed by atoms with Crippen molar-refractivity contribution in [2.75, 3.05) is 19.8 Å². The van der Waals surface area contributed by atoms with Crippen LogP contribution >= 0.6 is 7.82 Å². The monoisotopic (exact) mass is 844 g/mol. The molecule has 59 heavy (non-hydrogen) atoms. The fraction of sp³-hybridized carbons (Fsp3) is 0.553. The molecular formula is C47H74NO10P. The van der Waals surface area contributed by atoms with Gasteiger partial charge in [-0.2, -0.15) is 0 Å². The molecule has 0 aliphatic heterocycles. The molecular weight excluding hydrogens is 769 g/mol. The maximum Gasteiger partial charge on any atom is 0.472 e. The third kappa shape index (κ3) is 40.7. The maximum atomic E-state index is 12.6. The van der Waals surface area contributed by atoms with E-state index in [4.69, 9.17) is 24.8 Å². The van der Waals surface area contributed by atoms with Crippen LogP contribution in [0.2, 0.25) is 0 Å². The van der Waals surface area contributed by atoms with Crippen molar-refractivity contribution >= 4 is 25.7 Å². The highest BCUT2D eigenvalue weighted by atomic mass is 31.2. The van der Waals surface area contributed by atoms with Crippen molar-refractivity contribution < 1.29 is 47.5 Å². The molecule has 0 bridgehead atoms. The summed E-state index contributed by atoms with van der Waals surface area (Å²) in [4.78, 5) is 45.9. The predicted octanol–water partition coefficient (Wildman–Crippen LogP) is 11.4. The number of hydrogen-bond acceptors (Lipinski definition) is 9. The zero-order valence-electron chi connectivity index (χ0n) is 35.8. The Morgan fingerprint density at radius 1 is 0.542 bits per heavy atom.